The summed E-state index contributed by atoms with van der Waals surface area (Å²) in [7, 11) is 9.47. The summed E-state index contributed by atoms with van der Waals surface area (Å²) < 4.78 is 43.9. The minimum absolute atomic E-state index is 0.0269. The van der Waals surface area contributed by atoms with Crippen molar-refractivity contribution in [2.24, 2.45) is 17.8 Å². The summed E-state index contributed by atoms with van der Waals surface area (Å²) in [4.78, 5) is 166. The van der Waals surface area contributed by atoms with Crippen LogP contribution in [0, 0.1) is 35.2 Å². The highest BCUT2D eigenvalue weighted by Crippen LogP contribution is 2.22. The first kappa shape index (κ1) is 76.4. The molecule has 3 aromatic rings. The molecule has 1 heterocycles. The normalized spacial score (nSPS) is 23.4. The highest BCUT2D eigenvalue weighted by molar-refractivity contribution is 6.30. The van der Waals surface area contributed by atoms with E-state index in [1.807, 2.05) is 13.8 Å². The van der Waals surface area contributed by atoms with Crippen molar-refractivity contribution >= 4 is 76.6 Å². The average molecular weight is 1310 g/mol. The van der Waals surface area contributed by atoms with Crippen LogP contribution >= 0.6 is 11.6 Å². The zero-order chi connectivity index (χ0) is 69.2. The number of carbonyl (C=O) groups excluding carboxylic acids is 11. The van der Waals surface area contributed by atoms with E-state index in [-0.39, 0.29) is 49.5 Å². The van der Waals surface area contributed by atoms with E-state index in [1.54, 1.807) is 89.2 Å². The van der Waals surface area contributed by atoms with Gasteiger partial charge < -0.3 is 55.6 Å². The standard InChI is InChI=1S/C66H93ClF3N11O11/c1-16-40(6)59-66(92)77(11)36-57(84)75(9)37-58(85)79(13)53(32-44-22-25-46(67)26-23-44)64(90)76(10)35-55(82)72-50(27-24-45-33-48(69)49(70)34-47(45)68)61(87)73-51(28-38(2)3)63(89)81(15)54(31-43-20-18-17-19-21-43)65(91)80(14)52(29-39(4)5)62(88)71-41(7)30-56(83)78(12)42(8)60(86)74-59/h17-23,25-26,33-34,38-42,50-54,59H,16,24,27-32,35-37H2,1-15H3,(H,71,88)(H,72,82)(H,73,87)(H,74,86)/t40-,41+,42-,50-,51-,52-,53-,54-,59-/m0/s1. The third-order valence-electron chi connectivity index (χ3n) is 16.7. The lowest BCUT2D eigenvalue weighted by Crippen LogP contribution is -2.60. The third kappa shape index (κ3) is 21.8. The fraction of sp³-hybridized carbons (Fsp3) is 0.561. The molecule has 1 fully saturated rings. The monoisotopic (exact) mass is 1310 g/mol. The van der Waals surface area contributed by atoms with Gasteiger partial charge in [-0.3, -0.25) is 52.7 Å². The number of aryl methyl sites for hydroxylation is 1. The number of hydrogen-bond donors (Lipinski definition) is 4. The number of hydrogen-bond acceptors (Lipinski definition) is 11. The van der Waals surface area contributed by atoms with E-state index in [4.69, 9.17) is 11.6 Å². The van der Waals surface area contributed by atoms with E-state index in [0.29, 0.717) is 34.7 Å². The molecule has 4 rings (SSSR count). The van der Waals surface area contributed by atoms with Gasteiger partial charge in [0, 0.05) is 85.7 Å². The molecule has 0 aromatic heterocycles. The zero-order valence-corrected chi connectivity index (χ0v) is 56.4. The first-order valence-electron chi connectivity index (χ1n) is 31.0. The summed E-state index contributed by atoms with van der Waals surface area (Å²) in [6, 6.07) is 6.08. The van der Waals surface area contributed by atoms with E-state index < -0.39 is 169 Å². The summed E-state index contributed by atoms with van der Waals surface area (Å²) >= 11 is 6.19. The number of nitrogens with one attached hydrogen (secondary N) is 4. The number of halogens is 4. The molecule has 9 atom stereocenters. The van der Waals surface area contributed by atoms with Gasteiger partial charge >= 0.3 is 0 Å². The first-order valence-corrected chi connectivity index (χ1v) is 31.3. The van der Waals surface area contributed by atoms with Gasteiger partial charge in [-0.05, 0) is 92.2 Å². The summed E-state index contributed by atoms with van der Waals surface area (Å²) in [6.07, 6.45) is -0.882. The minimum atomic E-state index is -1.64. The maximum Gasteiger partial charge on any atom is 0.246 e. The Morgan fingerprint density at radius 1 is 0.511 bits per heavy atom. The highest BCUT2D eigenvalue weighted by atomic mass is 35.5. The molecular weight excluding hydrogens is 1220 g/mol. The molecule has 1 aliphatic heterocycles. The lowest BCUT2D eigenvalue weighted by molar-refractivity contribution is -0.149. The number of benzene rings is 3. The van der Waals surface area contributed by atoms with Crippen molar-refractivity contribution in [1.29, 1.82) is 0 Å². The predicted octanol–water partition coefficient (Wildman–Crippen LogP) is 4.38. The molecule has 506 valence electrons. The largest absolute Gasteiger partial charge is 0.351 e. The minimum Gasteiger partial charge on any atom is -0.351 e. The highest BCUT2D eigenvalue weighted by Gasteiger charge is 2.40. The molecule has 22 nitrogen and oxygen atoms in total. The van der Waals surface area contributed by atoms with E-state index >= 15 is 14.0 Å². The number of nitrogens with zero attached hydrogens (tertiary/aromatic N) is 7. The van der Waals surface area contributed by atoms with Crippen LogP contribution in [-0.4, -0.2) is 217 Å². The van der Waals surface area contributed by atoms with E-state index in [9.17, 15) is 51.9 Å². The van der Waals surface area contributed by atoms with E-state index in [1.165, 1.54) is 71.0 Å². The zero-order valence-electron chi connectivity index (χ0n) is 55.6. The molecule has 11 amide bonds. The third-order valence-corrected chi connectivity index (χ3v) is 17.0. The maximum absolute atomic E-state index is 15.2. The van der Waals surface area contributed by atoms with Gasteiger partial charge in [-0.15, -0.1) is 0 Å². The van der Waals surface area contributed by atoms with Crippen molar-refractivity contribution < 1.29 is 65.9 Å². The Morgan fingerprint density at radius 2 is 1.05 bits per heavy atom. The van der Waals surface area contributed by atoms with Crippen molar-refractivity contribution in [3.8, 4) is 0 Å². The van der Waals surface area contributed by atoms with Gasteiger partial charge in [0.15, 0.2) is 11.6 Å². The summed E-state index contributed by atoms with van der Waals surface area (Å²) in [5.41, 5.74) is 0.817. The van der Waals surface area contributed by atoms with Crippen LogP contribution in [-0.2, 0) is 72.0 Å². The maximum atomic E-state index is 15.2. The molecule has 0 aliphatic carbocycles. The molecule has 0 spiro atoms. The van der Waals surface area contributed by atoms with Gasteiger partial charge in [-0.1, -0.05) is 102 Å². The van der Waals surface area contributed by atoms with Gasteiger partial charge in [-0.2, -0.15) is 0 Å². The van der Waals surface area contributed by atoms with Crippen LogP contribution in [0.1, 0.15) is 104 Å². The van der Waals surface area contributed by atoms with E-state index in [0.717, 1.165) is 19.6 Å². The quantitative estimate of drug-likeness (QED) is 0.175. The Morgan fingerprint density at radius 3 is 1.64 bits per heavy atom. The molecule has 1 aliphatic rings. The molecule has 4 N–H and O–H groups in total. The van der Waals surface area contributed by atoms with Crippen LogP contribution in [0.25, 0.3) is 0 Å². The van der Waals surface area contributed by atoms with Crippen molar-refractivity contribution in [2.75, 3.05) is 69.0 Å². The molecular formula is C66H93ClF3N11O11. The van der Waals surface area contributed by atoms with Crippen LogP contribution in [0.4, 0.5) is 13.2 Å². The van der Waals surface area contributed by atoms with Crippen LogP contribution in [0.2, 0.25) is 5.02 Å². The van der Waals surface area contributed by atoms with Gasteiger partial charge in [0.05, 0.1) is 19.6 Å². The van der Waals surface area contributed by atoms with Crippen LogP contribution in [0.3, 0.4) is 0 Å². The average Bonchev–Trinajstić information content (AvgIpc) is 1.04. The van der Waals surface area contributed by atoms with Crippen molar-refractivity contribution in [3.63, 3.8) is 0 Å². The summed E-state index contributed by atoms with van der Waals surface area (Å²) in [5, 5.41) is 11.3. The first-order chi connectivity index (χ1) is 43.1. The Kier molecular flexibility index (Phi) is 29.1. The molecule has 3 aromatic carbocycles. The molecule has 0 saturated carbocycles. The Hall–Kier alpha value is -8.09. The van der Waals surface area contributed by atoms with Gasteiger partial charge in [0.25, 0.3) is 0 Å². The Labute approximate surface area is 543 Å². The molecule has 26 heteroatoms. The lowest BCUT2D eigenvalue weighted by Gasteiger charge is -2.37. The summed E-state index contributed by atoms with van der Waals surface area (Å²) in [6.45, 7) is 11.9. The topological polar surface area (TPSA) is 259 Å². The fourth-order valence-corrected chi connectivity index (χ4v) is 10.7. The van der Waals surface area contributed by atoms with Gasteiger partial charge in [0.1, 0.15) is 48.1 Å². The Balaban J connectivity index is 1.86. The second-order valence-electron chi connectivity index (χ2n) is 25.1. The number of rotatable bonds is 13. The molecule has 1 saturated heterocycles. The number of likely N-dealkylation sites (N-methyl/N-ethyl adjacent to an activating group) is 7. The Bertz CT molecular complexity index is 3110. The number of amides is 11. The number of carbonyl (C=O) groups is 11. The van der Waals surface area contributed by atoms with Crippen molar-refractivity contribution in [2.45, 2.75) is 155 Å². The van der Waals surface area contributed by atoms with Crippen molar-refractivity contribution in [3.05, 3.63) is 106 Å². The molecule has 0 bridgehead atoms. The molecule has 0 unspecified atom stereocenters. The predicted molar refractivity (Wildman–Crippen MR) is 341 cm³/mol. The second-order valence-corrected chi connectivity index (χ2v) is 25.5. The van der Waals surface area contributed by atoms with E-state index in [2.05, 4.69) is 21.3 Å². The fourth-order valence-electron chi connectivity index (χ4n) is 10.6. The van der Waals surface area contributed by atoms with Gasteiger partial charge in [-0.25, -0.2) is 13.2 Å². The van der Waals surface area contributed by atoms with Crippen LogP contribution in [0.5, 0.6) is 0 Å². The molecule has 92 heavy (non-hydrogen) atoms. The SMILES string of the molecule is CC[C@H](C)[C@@H]1NC(=O)[C@H](C)N(C)C(=O)C[C@@H](C)NC(=O)[C@H](CC(C)C)N(C)C(=O)[C@H](Cc2ccccc2)N(C)C(=O)[C@H](CC(C)C)NC(=O)[C@H](CCc2cc(F)c(F)cc2F)NC(=O)CN(C)C(=O)[C@H](Cc2ccc(Cl)cc2)N(C)C(=O)CN(C)C(=O)CN(C)C1=O. The smallest absolute Gasteiger partial charge is 0.246 e. The summed E-state index contributed by atoms with van der Waals surface area (Å²) in [5.74, 6) is -13.0. The van der Waals surface area contributed by atoms with Crippen molar-refractivity contribution in [1.82, 2.24) is 55.6 Å². The van der Waals surface area contributed by atoms with Gasteiger partial charge in [0.2, 0.25) is 65.0 Å². The second kappa shape index (κ2) is 35.1. The lowest BCUT2D eigenvalue weighted by atomic mass is 9.97. The van der Waals surface area contributed by atoms with Crippen LogP contribution in [0.15, 0.2) is 66.7 Å². The van der Waals surface area contributed by atoms with Crippen LogP contribution < -0.4 is 21.3 Å². The molecule has 0 radical (unpaired) electrons.